The molecule has 1 heteroatoms. The molecule has 1 atom stereocenters. The van der Waals surface area contributed by atoms with E-state index in [1.54, 1.807) is 5.56 Å². The minimum Gasteiger partial charge on any atom is -0.307 e. The number of fused-ring (bicyclic) bond motifs is 1. The number of hydrogen-bond acceptors (Lipinski definition) is 1. The van der Waals surface area contributed by atoms with Crippen molar-refractivity contribution in [1.29, 1.82) is 0 Å². The van der Waals surface area contributed by atoms with Gasteiger partial charge in [0, 0.05) is 12.1 Å². The summed E-state index contributed by atoms with van der Waals surface area (Å²) in [5.41, 5.74) is 3.51. The predicted molar refractivity (Wildman–Crippen MR) is 76.7 cm³/mol. The van der Waals surface area contributed by atoms with E-state index in [1.165, 1.54) is 37.7 Å². The van der Waals surface area contributed by atoms with Gasteiger partial charge in [0.2, 0.25) is 0 Å². The Morgan fingerprint density at radius 3 is 2.61 bits per heavy atom. The van der Waals surface area contributed by atoms with Crippen LogP contribution in [0.2, 0.25) is 0 Å². The molecule has 2 aliphatic rings. The highest BCUT2D eigenvalue weighted by Gasteiger charge is 2.37. The molecule has 1 heterocycles. The lowest BCUT2D eigenvalue weighted by Crippen LogP contribution is -2.47. The second-order valence-electron chi connectivity index (χ2n) is 6.62. The van der Waals surface area contributed by atoms with Crippen LogP contribution in [0.25, 0.3) is 0 Å². The largest absolute Gasteiger partial charge is 0.307 e. The Balaban J connectivity index is 1.84. The Morgan fingerprint density at radius 1 is 1.11 bits per heavy atom. The Hall–Kier alpha value is -0.820. The second-order valence-corrected chi connectivity index (χ2v) is 6.62. The monoisotopic (exact) mass is 243 g/mol. The van der Waals surface area contributed by atoms with Crippen molar-refractivity contribution in [1.82, 2.24) is 5.32 Å². The molecule has 1 aliphatic carbocycles. The SMILES string of the molecule is CC1CCC2(CC1)CC(C)c1ccccc1CN2. The van der Waals surface area contributed by atoms with E-state index >= 15 is 0 Å². The zero-order chi connectivity index (χ0) is 12.6. The van der Waals surface area contributed by atoms with Gasteiger partial charge in [0.15, 0.2) is 0 Å². The maximum Gasteiger partial charge on any atom is 0.0213 e. The third kappa shape index (κ3) is 2.21. The van der Waals surface area contributed by atoms with Crippen molar-refractivity contribution in [2.45, 2.75) is 64.0 Å². The molecule has 1 saturated carbocycles. The molecule has 1 aromatic rings. The molecule has 1 nitrogen and oxygen atoms in total. The highest BCUT2D eigenvalue weighted by molar-refractivity contribution is 5.32. The molecule has 0 saturated heterocycles. The van der Waals surface area contributed by atoms with Gasteiger partial charge in [-0.15, -0.1) is 0 Å². The average molecular weight is 243 g/mol. The minimum atomic E-state index is 0.422. The van der Waals surface area contributed by atoms with Gasteiger partial charge < -0.3 is 5.32 Å². The van der Waals surface area contributed by atoms with Gasteiger partial charge in [-0.05, 0) is 55.1 Å². The first kappa shape index (κ1) is 12.2. The summed E-state index contributed by atoms with van der Waals surface area (Å²) < 4.78 is 0. The number of benzene rings is 1. The molecule has 1 aliphatic heterocycles. The predicted octanol–water partition coefficient (Wildman–Crippen LogP) is 4.23. The van der Waals surface area contributed by atoms with Crippen LogP contribution in [0, 0.1) is 5.92 Å². The van der Waals surface area contributed by atoms with Crippen molar-refractivity contribution >= 4 is 0 Å². The van der Waals surface area contributed by atoms with Crippen molar-refractivity contribution in [3.63, 3.8) is 0 Å². The summed E-state index contributed by atoms with van der Waals surface area (Å²) in [5.74, 6) is 1.63. The van der Waals surface area contributed by atoms with Gasteiger partial charge in [-0.3, -0.25) is 0 Å². The van der Waals surface area contributed by atoms with Gasteiger partial charge in [0.1, 0.15) is 0 Å². The maximum absolute atomic E-state index is 3.90. The molecule has 1 fully saturated rings. The Morgan fingerprint density at radius 2 is 1.83 bits per heavy atom. The lowest BCUT2D eigenvalue weighted by atomic mass is 9.72. The highest BCUT2D eigenvalue weighted by atomic mass is 15.0. The summed E-state index contributed by atoms with van der Waals surface area (Å²) in [6.07, 6.45) is 6.85. The molecule has 0 radical (unpaired) electrons. The Bertz CT molecular complexity index is 415. The molecule has 1 spiro atoms. The molecule has 0 bridgehead atoms. The molecular weight excluding hydrogens is 218 g/mol. The van der Waals surface area contributed by atoms with E-state index in [-0.39, 0.29) is 0 Å². The zero-order valence-corrected chi connectivity index (χ0v) is 11.7. The lowest BCUT2D eigenvalue weighted by Gasteiger charge is -2.40. The van der Waals surface area contributed by atoms with Crippen LogP contribution in [0.3, 0.4) is 0 Å². The molecule has 1 N–H and O–H groups in total. The normalized spacial score (nSPS) is 36.1. The smallest absolute Gasteiger partial charge is 0.0213 e. The first-order chi connectivity index (χ1) is 8.69. The van der Waals surface area contributed by atoms with Crippen LogP contribution >= 0.6 is 0 Å². The van der Waals surface area contributed by atoms with Gasteiger partial charge in [-0.1, -0.05) is 38.1 Å². The third-order valence-corrected chi connectivity index (χ3v) is 5.17. The fourth-order valence-corrected chi connectivity index (χ4v) is 3.92. The standard InChI is InChI=1S/C17H25N/c1-13-7-9-17(10-8-13)11-14(2)16-6-4-3-5-15(16)12-18-17/h3-6,13-14,18H,7-12H2,1-2H3. The van der Waals surface area contributed by atoms with Crippen LogP contribution in [-0.2, 0) is 6.54 Å². The minimum absolute atomic E-state index is 0.422. The van der Waals surface area contributed by atoms with Crippen LogP contribution < -0.4 is 5.32 Å². The molecule has 1 unspecified atom stereocenters. The second kappa shape index (κ2) is 4.70. The number of hydrogen-bond donors (Lipinski definition) is 1. The maximum atomic E-state index is 3.90. The van der Waals surface area contributed by atoms with Crippen LogP contribution in [0.1, 0.15) is 63.0 Å². The van der Waals surface area contributed by atoms with Crippen molar-refractivity contribution in [2.24, 2.45) is 5.92 Å². The van der Waals surface area contributed by atoms with E-state index in [0.717, 1.165) is 12.5 Å². The van der Waals surface area contributed by atoms with E-state index in [0.29, 0.717) is 11.5 Å². The van der Waals surface area contributed by atoms with Crippen LogP contribution in [0.5, 0.6) is 0 Å². The van der Waals surface area contributed by atoms with Gasteiger partial charge in [-0.25, -0.2) is 0 Å². The van der Waals surface area contributed by atoms with Gasteiger partial charge in [-0.2, -0.15) is 0 Å². The number of nitrogens with one attached hydrogen (secondary N) is 1. The van der Waals surface area contributed by atoms with Crippen LogP contribution in [0.15, 0.2) is 24.3 Å². The molecule has 18 heavy (non-hydrogen) atoms. The summed E-state index contributed by atoms with van der Waals surface area (Å²) in [6, 6.07) is 8.99. The molecule has 0 aromatic heterocycles. The molecule has 1 aromatic carbocycles. The van der Waals surface area contributed by atoms with Crippen molar-refractivity contribution < 1.29 is 0 Å². The Kier molecular flexibility index (Phi) is 3.19. The van der Waals surface area contributed by atoms with Crippen LogP contribution in [0.4, 0.5) is 0 Å². The van der Waals surface area contributed by atoms with E-state index in [2.05, 4.69) is 43.4 Å². The van der Waals surface area contributed by atoms with E-state index < -0.39 is 0 Å². The van der Waals surface area contributed by atoms with Gasteiger partial charge in [0.25, 0.3) is 0 Å². The van der Waals surface area contributed by atoms with E-state index in [1.807, 2.05) is 0 Å². The molecular formula is C17H25N. The summed E-state index contributed by atoms with van der Waals surface area (Å²) in [4.78, 5) is 0. The third-order valence-electron chi connectivity index (χ3n) is 5.17. The summed E-state index contributed by atoms with van der Waals surface area (Å²) in [5, 5.41) is 3.90. The van der Waals surface area contributed by atoms with Crippen molar-refractivity contribution in [3.05, 3.63) is 35.4 Å². The molecule has 3 rings (SSSR count). The van der Waals surface area contributed by atoms with Crippen molar-refractivity contribution in [3.8, 4) is 0 Å². The quantitative estimate of drug-likeness (QED) is 0.719. The fraction of sp³-hybridized carbons (Fsp3) is 0.647. The van der Waals surface area contributed by atoms with Crippen LogP contribution in [-0.4, -0.2) is 5.54 Å². The summed E-state index contributed by atoms with van der Waals surface area (Å²) in [6.45, 7) is 5.88. The van der Waals surface area contributed by atoms with Gasteiger partial charge >= 0.3 is 0 Å². The zero-order valence-electron chi connectivity index (χ0n) is 11.7. The Labute approximate surface area is 111 Å². The topological polar surface area (TPSA) is 12.0 Å². The summed E-state index contributed by atoms with van der Waals surface area (Å²) in [7, 11) is 0. The first-order valence-electron chi connectivity index (χ1n) is 7.51. The highest BCUT2D eigenvalue weighted by Crippen LogP contribution is 2.41. The molecule has 0 amide bonds. The molecule has 98 valence electrons. The lowest BCUT2D eigenvalue weighted by molar-refractivity contribution is 0.178. The van der Waals surface area contributed by atoms with E-state index in [4.69, 9.17) is 0 Å². The number of rotatable bonds is 0. The fourth-order valence-electron chi connectivity index (χ4n) is 3.92. The van der Waals surface area contributed by atoms with Gasteiger partial charge in [0.05, 0.1) is 0 Å². The van der Waals surface area contributed by atoms with Crippen molar-refractivity contribution in [2.75, 3.05) is 0 Å². The summed E-state index contributed by atoms with van der Waals surface area (Å²) >= 11 is 0. The first-order valence-corrected chi connectivity index (χ1v) is 7.51. The average Bonchev–Trinajstić information content (AvgIpc) is 2.53. The van der Waals surface area contributed by atoms with E-state index in [9.17, 15) is 0 Å².